The Labute approximate surface area is 145 Å². The fourth-order valence-corrected chi connectivity index (χ4v) is 6.05. The molecule has 0 saturated carbocycles. The number of nitrogens with zero attached hydrogens (tertiary/aromatic N) is 3. The molecule has 0 bridgehead atoms. The van der Waals surface area contributed by atoms with Crippen LogP contribution in [0.4, 0.5) is 0 Å². The Kier molecular flexibility index (Phi) is 3.98. The molecule has 120 valence electrons. The van der Waals surface area contributed by atoms with Gasteiger partial charge in [0, 0.05) is 4.88 Å². The van der Waals surface area contributed by atoms with Gasteiger partial charge in [-0.15, -0.1) is 21.5 Å². The molecule has 1 N–H and O–H groups in total. The molecule has 5 nitrogen and oxygen atoms in total. The van der Waals surface area contributed by atoms with Gasteiger partial charge in [0.15, 0.2) is 4.34 Å². The molecule has 0 aliphatic heterocycles. The number of hydrogen-bond acceptors (Lipinski definition) is 7. The van der Waals surface area contributed by atoms with Crippen LogP contribution in [-0.2, 0) is 12.8 Å². The monoisotopic (exact) mass is 364 g/mol. The van der Waals surface area contributed by atoms with E-state index in [-0.39, 0.29) is 10.8 Å². The van der Waals surface area contributed by atoms with Crippen molar-refractivity contribution in [2.24, 2.45) is 5.92 Å². The maximum atomic E-state index is 12.6. The predicted octanol–water partition coefficient (Wildman–Crippen LogP) is 3.81. The minimum Gasteiger partial charge on any atom is -0.309 e. The number of thioether (sulfide) groups is 1. The second-order valence-electron chi connectivity index (χ2n) is 5.95. The van der Waals surface area contributed by atoms with Gasteiger partial charge in [0.05, 0.1) is 10.6 Å². The molecule has 0 fully saturated rings. The van der Waals surface area contributed by atoms with Gasteiger partial charge in [-0.2, -0.15) is 0 Å². The van der Waals surface area contributed by atoms with E-state index in [1.165, 1.54) is 21.8 Å². The van der Waals surface area contributed by atoms with Crippen molar-refractivity contribution in [1.29, 1.82) is 0 Å². The first-order chi connectivity index (χ1) is 11.1. The lowest BCUT2D eigenvalue weighted by molar-refractivity contribution is 0.509. The Morgan fingerprint density at radius 3 is 3.13 bits per heavy atom. The number of thiophene rings is 1. The van der Waals surface area contributed by atoms with Crippen molar-refractivity contribution in [3.05, 3.63) is 32.1 Å². The van der Waals surface area contributed by atoms with E-state index in [1.54, 1.807) is 28.6 Å². The standard InChI is InChI=1S/C15H16N4OS3/c1-7-3-4-9-10(5-7)23-14-11(9)13(20)17-12(18-14)8(2)22-15-19-16-6-21-15/h6-8H,3-5H2,1-2H3,(H,17,18,20)/t7-,8+/m1/s1. The summed E-state index contributed by atoms with van der Waals surface area (Å²) in [5.74, 6) is 1.41. The lowest BCUT2D eigenvalue weighted by atomic mass is 9.89. The quantitative estimate of drug-likeness (QED) is 0.716. The Morgan fingerprint density at radius 1 is 1.48 bits per heavy atom. The lowest BCUT2D eigenvalue weighted by Crippen LogP contribution is -2.15. The lowest BCUT2D eigenvalue weighted by Gasteiger charge is -2.17. The van der Waals surface area contributed by atoms with Crippen LogP contribution < -0.4 is 5.56 Å². The number of hydrogen-bond donors (Lipinski definition) is 1. The van der Waals surface area contributed by atoms with Crippen molar-refractivity contribution >= 4 is 44.7 Å². The first-order valence-electron chi connectivity index (χ1n) is 7.59. The van der Waals surface area contributed by atoms with E-state index in [0.29, 0.717) is 11.7 Å². The molecule has 3 aromatic rings. The molecule has 0 unspecified atom stereocenters. The average Bonchev–Trinajstić information content (AvgIpc) is 3.13. The summed E-state index contributed by atoms with van der Waals surface area (Å²) in [6.07, 6.45) is 3.22. The first kappa shape index (κ1) is 15.3. The second kappa shape index (κ2) is 5.99. The SMILES string of the molecule is C[C@@H]1CCc2c(sc3nc([C@H](C)Sc4nncs4)[nH]c(=O)c23)C1. The largest absolute Gasteiger partial charge is 0.309 e. The van der Waals surface area contributed by atoms with E-state index in [4.69, 9.17) is 4.98 Å². The van der Waals surface area contributed by atoms with Gasteiger partial charge < -0.3 is 4.98 Å². The zero-order valence-corrected chi connectivity index (χ0v) is 15.3. The van der Waals surface area contributed by atoms with Gasteiger partial charge >= 0.3 is 0 Å². The number of H-pyrrole nitrogens is 1. The predicted molar refractivity (Wildman–Crippen MR) is 95.6 cm³/mol. The number of rotatable bonds is 3. The van der Waals surface area contributed by atoms with Crippen LogP contribution in [0.15, 0.2) is 14.6 Å². The number of nitrogens with one attached hydrogen (secondary N) is 1. The van der Waals surface area contributed by atoms with Crippen molar-refractivity contribution in [3.63, 3.8) is 0 Å². The van der Waals surface area contributed by atoms with Crippen LogP contribution in [-0.4, -0.2) is 20.2 Å². The Balaban J connectivity index is 1.74. The van der Waals surface area contributed by atoms with Crippen molar-refractivity contribution in [1.82, 2.24) is 20.2 Å². The third-order valence-corrected chi connectivity index (χ3v) is 7.26. The van der Waals surface area contributed by atoms with Crippen LogP contribution in [0.25, 0.3) is 10.2 Å². The molecule has 3 aromatic heterocycles. The highest BCUT2D eigenvalue weighted by molar-refractivity contribution is 8.01. The number of aryl methyl sites for hydroxylation is 1. The highest BCUT2D eigenvalue weighted by Gasteiger charge is 2.24. The van der Waals surface area contributed by atoms with Gasteiger partial charge in [-0.25, -0.2) is 4.98 Å². The van der Waals surface area contributed by atoms with Gasteiger partial charge in [0.2, 0.25) is 0 Å². The van der Waals surface area contributed by atoms with Crippen LogP contribution >= 0.6 is 34.4 Å². The molecule has 3 heterocycles. The van der Waals surface area contributed by atoms with Crippen molar-refractivity contribution < 1.29 is 0 Å². The molecule has 0 saturated heterocycles. The summed E-state index contributed by atoms with van der Waals surface area (Å²) >= 11 is 4.76. The van der Waals surface area contributed by atoms with E-state index >= 15 is 0 Å². The normalized spacial score (nSPS) is 19.0. The molecule has 0 spiro atoms. The molecule has 4 rings (SSSR count). The van der Waals surface area contributed by atoms with Crippen LogP contribution in [0.5, 0.6) is 0 Å². The van der Waals surface area contributed by atoms with E-state index in [9.17, 15) is 4.79 Å². The fourth-order valence-electron chi connectivity index (χ4n) is 2.98. The van der Waals surface area contributed by atoms with Crippen LogP contribution in [0.1, 0.15) is 41.8 Å². The molecule has 0 radical (unpaired) electrons. The minimum absolute atomic E-state index is 0.00164. The third-order valence-electron chi connectivity index (χ3n) is 4.19. The van der Waals surface area contributed by atoms with Gasteiger partial charge in [-0.05, 0) is 37.7 Å². The number of fused-ring (bicyclic) bond motifs is 3. The van der Waals surface area contributed by atoms with Gasteiger partial charge in [-0.1, -0.05) is 30.0 Å². The number of aromatic nitrogens is 4. The van der Waals surface area contributed by atoms with Crippen LogP contribution in [0, 0.1) is 5.92 Å². The smallest absolute Gasteiger partial charge is 0.259 e. The van der Waals surface area contributed by atoms with E-state index in [1.807, 2.05) is 6.92 Å². The molecule has 1 aliphatic rings. The Bertz CT molecular complexity index is 899. The maximum Gasteiger partial charge on any atom is 0.259 e. The summed E-state index contributed by atoms with van der Waals surface area (Å²) in [6.45, 7) is 4.31. The Hall–Kier alpha value is -1.25. The zero-order chi connectivity index (χ0) is 16.0. The van der Waals surface area contributed by atoms with Gasteiger partial charge in [0.25, 0.3) is 5.56 Å². The highest BCUT2D eigenvalue weighted by atomic mass is 32.2. The van der Waals surface area contributed by atoms with Crippen LogP contribution in [0.3, 0.4) is 0 Å². The van der Waals surface area contributed by atoms with Gasteiger partial charge in [0.1, 0.15) is 16.2 Å². The Morgan fingerprint density at radius 2 is 2.35 bits per heavy atom. The minimum atomic E-state index is 0.00164. The van der Waals surface area contributed by atoms with Gasteiger partial charge in [-0.3, -0.25) is 4.79 Å². The molecule has 0 aromatic carbocycles. The molecule has 23 heavy (non-hydrogen) atoms. The van der Waals surface area contributed by atoms with Crippen molar-refractivity contribution in [2.45, 2.75) is 42.7 Å². The second-order valence-corrected chi connectivity index (χ2v) is 9.45. The summed E-state index contributed by atoms with van der Waals surface area (Å²) in [6, 6.07) is 0. The summed E-state index contributed by atoms with van der Waals surface area (Å²) in [5, 5.41) is 8.74. The van der Waals surface area contributed by atoms with E-state index < -0.39 is 0 Å². The first-order valence-corrected chi connectivity index (χ1v) is 10.2. The van der Waals surface area contributed by atoms with Crippen molar-refractivity contribution in [3.8, 4) is 0 Å². The number of aromatic amines is 1. The average molecular weight is 365 g/mol. The molecule has 1 aliphatic carbocycles. The highest BCUT2D eigenvalue weighted by Crippen LogP contribution is 2.37. The summed E-state index contributed by atoms with van der Waals surface area (Å²) in [5.41, 5.74) is 2.94. The van der Waals surface area contributed by atoms with Crippen LogP contribution in [0.2, 0.25) is 0 Å². The summed E-state index contributed by atoms with van der Waals surface area (Å²) in [7, 11) is 0. The maximum absolute atomic E-state index is 12.6. The topological polar surface area (TPSA) is 71.5 Å². The zero-order valence-electron chi connectivity index (χ0n) is 12.8. The van der Waals surface area contributed by atoms with Crippen molar-refractivity contribution in [2.75, 3.05) is 0 Å². The molecule has 8 heteroatoms. The fraction of sp³-hybridized carbons (Fsp3) is 0.467. The summed E-state index contributed by atoms with van der Waals surface area (Å²) in [4.78, 5) is 22.6. The summed E-state index contributed by atoms with van der Waals surface area (Å²) < 4.78 is 0.888. The van der Waals surface area contributed by atoms with E-state index in [2.05, 4.69) is 22.1 Å². The third kappa shape index (κ3) is 2.83. The molecular weight excluding hydrogens is 348 g/mol. The van der Waals surface area contributed by atoms with E-state index in [0.717, 1.165) is 33.8 Å². The molecule has 2 atom stereocenters. The molecule has 0 amide bonds. The molecular formula is C15H16N4OS3.